The number of ether oxygens (including phenoxy) is 2. The van der Waals surface area contributed by atoms with Gasteiger partial charge in [-0.1, -0.05) is 6.07 Å². The van der Waals surface area contributed by atoms with E-state index in [4.69, 9.17) is 15.2 Å². The summed E-state index contributed by atoms with van der Waals surface area (Å²) < 4.78 is 11.0. The van der Waals surface area contributed by atoms with Gasteiger partial charge in [0.1, 0.15) is 0 Å². The minimum atomic E-state index is 0.130. The third-order valence-electron chi connectivity index (χ3n) is 4.13. The fourth-order valence-electron chi connectivity index (χ4n) is 2.86. The quantitative estimate of drug-likeness (QED) is 0.905. The van der Waals surface area contributed by atoms with Crippen LogP contribution in [0.1, 0.15) is 31.7 Å². The predicted molar refractivity (Wildman–Crippen MR) is 86.2 cm³/mol. The summed E-state index contributed by atoms with van der Waals surface area (Å²) in [6, 6.07) is 6.19. The Kier molecular flexibility index (Phi) is 5.66. The van der Waals surface area contributed by atoms with Crippen molar-refractivity contribution in [2.75, 3.05) is 20.3 Å². The number of hydrogen-bond donors (Lipinski definition) is 1. The van der Waals surface area contributed by atoms with Crippen LogP contribution >= 0.6 is 0 Å². The summed E-state index contributed by atoms with van der Waals surface area (Å²) in [6.07, 6.45) is 2.12. The summed E-state index contributed by atoms with van der Waals surface area (Å²) in [4.78, 5) is 14.2. The number of piperidine rings is 1. The molecule has 1 saturated heterocycles. The highest BCUT2D eigenvalue weighted by Gasteiger charge is 2.26. The van der Waals surface area contributed by atoms with Gasteiger partial charge < -0.3 is 20.1 Å². The van der Waals surface area contributed by atoms with E-state index in [0.717, 1.165) is 24.9 Å². The number of nitrogens with two attached hydrogens (primary N) is 1. The van der Waals surface area contributed by atoms with Crippen molar-refractivity contribution < 1.29 is 14.3 Å². The maximum absolute atomic E-state index is 12.3. The molecule has 1 amide bonds. The second kappa shape index (κ2) is 7.49. The molecule has 22 heavy (non-hydrogen) atoms. The van der Waals surface area contributed by atoms with Crippen LogP contribution < -0.4 is 15.2 Å². The van der Waals surface area contributed by atoms with E-state index in [-0.39, 0.29) is 18.0 Å². The molecule has 1 aliphatic heterocycles. The summed E-state index contributed by atoms with van der Waals surface area (Å²) in [5.74, 6) is 1.50. The highest BCUT2D eigenvalue weighted by atomic mass is 16.5. The summed E-state index contributed by atoms with van der Waals surface area (Å²) in [7, 11) is 1.62. The number of hydrogen-bond acceptors (Lipinski definition) is 4. The first-order chi connectivity index (χ1) is 10.5. The van der Waals surface area contributed by atoms with Crippen molar-refractivity contribution in [2.45, 2.75) is 45.2 Å². The Balaban J connectivity index is 1.84. The van der Waals surface area contributed by atoms with Crippen molar-refractivity contribution in [3.05, 3.63) is 23.8 Å². The normalized spacial score (nSPS) is 21.5. The minimum absolute atomic E-state index is 0.130. The zero-order chi connectivity index (χ0) is 16.1. The lowest BCUT2D eigenvalue weighted by Crippen LogP contribution is -2.48. The van der Waals surface area contributed by atoms with E-state index in [1.54, 1.807) is 7.11 Å². The Labute approximate surface area is 132 Å². The average molecular weight is 306 g/mol. The molecule has 122 valence electrons. The highest BCUT2D eigenvalue weighted by molar-refractivity contribution is 5.76. The lowest BCUT2D eigenvalue weighted by molar-refractivity contribution is -0.135. The first kappa shape index (κ1) is 16.6. The Morgan fingerprint density at radius 2 is 2.18 bits per heavy atom. The Morgan fingerprint density at radius 3 is 2.86 bits per heavy atom. The molecule has 1 aliphatic rings. The van der Waals surface area contributed by atoms with Crippen molar-refractivity contribution in [3.63, 3.8) is 0 Å². The maximum Gasteiger partial charge on any atom is 0.226 e. The van der Waals surface area contributed by atoms with Gasteiger partial charge in [-0.25, -0.2) is 0 Å². The molecule has 1 aromatic rings. The van der Waals surface area contributed by atoms with Crippen molar-refractivity contribution in [1.82, 2.24) is 4.90 Å². The van der Waals surface area contributed by atoms with E-state index in [9.17, 15) is 4.79 Å². The summed E-state index contributed by atoms with van der Waals surface area (Å²) in [6.45, 7) is 5.15. The van der Waals surface area contributed by atoms with Crippen LogP contribution in [0.5, 0.6) is 11.5 Å². The fourth-order valence-corrected chi connectivity index (χ4v) is 2.86. The molecule has 0 saturated carbocycles. The third-order valence-corrected chi connectivity index (χ3v) is 4.13. The van der Waals surface area contributed by atoms with E-state index in [0.29, 0.717) is 24.5 Å². The lowest BCUT2D eigenvalue weighted by atomic mass is 9.99. The number of aryl methyl sites for hydroxylation is 1. The molecule has 0 aliphatic carbocycles. The van der Waals surface area contributed by atoms with Gasteiger partial charge in [0.2, 0.25) is 5.91 Å². The van der Waals surface area contributed by atoms with Gasteiger partial charge in [-0.05, 0) is 44.4 Å². The van der Waals surface area contributed by atoms with Crippen molar-refractivity contribution in [1.29, 1.82) is 0 Å². The molecule has 0 radical (unpaired) electrons. The molecular formula is C17H26N2O3. The van der Waals surface area contributed by atoms with Gasteiger partial charge in [0.25, 0.3) is 0 Å². The summed E-state index contributed by atoms with van der Waals surface area (Å²) in [5.41, 5.74) is 7.04. The van der Waals surface area contributed by atoms with Crippen LogP contribution in [-0.2, 0) is 4.79 Å². The zero-order valence-corrected chi connectivity index (χ0v) is 13.7. The number of methoxy groups -OCH3 is 1. The molecule has 2 atom stereocenters. The van der Waals surface area contributed by atoms with Gasteiger partial charge in [0, 0.05) is 18.6 Å². The first-order valence-corrected chi connectivity index (χ1v) is 7.83. The number of likely N-dealkylation sites (tertiary alicyclic amines) is 1. The van der Waals surface area contributed by atoms with E-state index in [1.165, 1.54) is 0 Å². The molecule has 2 N–H and O–H groups in total. The molecule has 1 aromatic carbocycles. The minimum Gasteiger partial charge on any atom is -0.493 e. The summed E-state index contributed by atoms with van der Waals surface area (Å²) in [5, 5.41) is 0. The Morgan fingerprint density at radius 1 is 1.41 bits per heavy atom. The molecule has 0 bridgehead atoms. The lowest BCUT2D eigenvalue weighted by Gasteiger charge is -2.36. The van der Waals surface area contributed by atoms with Gasteiger partial charge in [-0.15, -0.1) is 0 Å². The summed E-state index contributed by atoms with van der Waals surface area (Å²) >= 11 is 0. The fraction of sp³-hybridized carbons (Fsp3) is 0.588. The van der Waals surface area contributed by atoms with Gasteiger partial charge in [-0.2, -0.15) is 0 Å². The van der Waals surface area contributed by atoms with Crippen LogP contribution in [0.25, 0.3) is 0 Å². The standard InChI is InChI=1S/C17H26N2O3/c1-12-4-5-15(16(10-12)21-3)22-9-7-17(20)19-8-6-14(18)11-13(19)2/h4-5,10,13-14H,6-9,11,18H2,1-3H3/t13-,14+/m1/s1. The Hall–Kier alpha value is -1.75. The second-order valence-electron chi connectivity index (χ2n) is 5.97. The van der Waals surface area contributed by atoms with Crippen LogP contribution in [0.2, 0.25) is 0 Å². The van der Waals surface area contributed by atoms with Crippen LogP contribution in [-0.4, -0.2) is 43.2 Å². The van der Waals surface area contributed by atoms with E-state index in [2.05, 4.69) is 6.92 Å². The molecule has 0 aromatic heterocycles. The second-order valence-corrected chi connectivity index (χ2v) is 5.97. The molecular weight excluding hydrogens is 280 g/mol. The number of carbonyl (C=O) groups is 1. The van der Waals surface area contributed by atoms with Crippen molar-refractivity contribution >= 4 is 5.91 Å². The van der Waals surface area contributed by atoms with Gasteiger partial charge >= 0.3 is 0 Å². The molecule has 1 heterocycles. The average Bonchev–Trinajstić information content (AvgIpc) is 2.48. The molecule has 2 rings (SSSR count). The van der Waals surface area contributed by atoms with Gasteiger partial charge in [0.05, 0.1) is 20.1 Å². The molecule has 0 unspecified atom stereocenters. The molecule has 1 fully saturated rings. The number of nitrogens with zero attached hydrogens (tertiary/aromatic N) is 1. The van der Waals surface area contributed by atoms with Gasteiger partial charge in [-0.3, -0.25) is 4.79 Å². The number of rotatable bonds is 5. The molecule has 0 spiro atoms. The highest BCUT2D eigenvalue weighted by Crippen LogP contribution is 2.28. The number of benzene rings is 1. The van der Waals surface area contributed by atoms with E-state index >= 15 is 0 Å². The monoisotopic (exact) mass is 306 g/mol. The van der Waals surface area contributed by atoms with Gasteiger partial charge in [0.15, 0.2) is 11.5 Å². The number of amides is 1. The van der Waals surface area contributed by atoms with Crippen LogP contribution in [0, 0.1) is 6.92 Å². The van der Waals surface area contributed by atoms with Crippen molar-refractivity contribution in [2.24, 2.45) is 5.73 Å². The topological polar surface area (TPSA) is 64.8 Å². The van der Waals surface area contributed by atoms with Crippen LogP contribution in [0.15, 0.2) is 18.2 Å². The SMILES string of the molecule is COc1cc(C)ccc1OCCC(=O)N1CC[C@H](N)C[C@H]1C. The molecule has 5 nitrogen and oxygen atoms in total. The third kappa shape index (κ3) is 4.13. The predicted octanol–water partition coefficient (Wildman–Crippen LogP) is 2.11. The first-order valence-electron chi connectivity index (χ1n) is 7.83. The largest absolute Gasteiger partial charge is 0.493 e. The van der Waals surface area contributed by atoms with Crippen LogP contribution in [0.4, 0.5) is 0 Å². The molecule has 5 heteroatoms. The number of carbonyl (C=O) groups excluding carboxylic acids is 1. The van der Waals surface area contributed by atoms with Crippen LogP contribution in [0.3, 0.4) is 0 Å². The maximum atomic E-state index is 12.3. The van der Waals surface area contributed by atoms with Crippen molar-refractivity contribution in [3.8, 4) is 11.5 Å². The smallest absolute Gasteiger partial charge is 0.226 e. The van der Waals surface area contributed by atoms with E-state index in [1.807, 2.05) is 30.0 Å². The Bertz CT molecular complexity index is 519. The zero-order valence-electron chi connectivity index (χ0n) is 13.7. The van der Waals surface area contributed by atoms with E-state index < -0.39 is 0 Å².